The van der Waals surface area contributed by atoms with Crippen molar-refractivity contribution in [1.82, 2.24) is 0 Å². The van der Waals surface area contributed by atoms with Crippen LogP contribution in [0.5, 0.6) is 0 Å². The first-order valence-electron chi connectivity index (χ1n) is 5.35. The summed E-state index contributed by atoms with van der Waals surface area (Å²) in [7, 11) is 0. The Labute approximate surface area is 89.9 Å². The first-order chi connectivity index (χ1) is 7.18. The first kappa shape index (κ1) is 10.0. The lowest BCUT2D eigenvalue weighted by atomic mass is 10.1. The lowest BCUT2D eigenvalue weighted by Gasteiger charge is -2.28. The van der Waals surface area contributed by atoms with Gasteiger partial charge in [0, 0.05) is 24.3 Å². The van der Waals surface area contributed by atoms with Crippen molar-refractivity contribution in [2.24, 2.45) is 0 Å². The number of carbonyl (C=O) groups is 1. The van der Waals surface area contributed by atoms with Gasteiger partial charge in [-0.1, -0.05) is 6.07 Å². The van der Waals surface area contributed by atoms with Gasteiger partial charge in [-0.25, -0.2) is 0 Å². The second-order valence-electron chi connectivity index (χ2n) is 4.05. The zero-order valence-electron chi connectivity index (χ0n) is 8.99. The number of hydrogen-bond donors (Lipinski definition) is 1. The fourth-order valence-corrected chi connectivity index (χ4v) is 1.98. The maximum atomic E-state index is 11.7. The molecule has 0 spiro atoms. The minimum absolute atomic E-state index is 0.218. The minimum atomic E-state index is 0.218. The molecule has 15 heavy (non-hydrogen) atoms. The van der Waals surface area contributed by atoms with Gasteiger partial charge < -0.3 is 10.6 Å². The number of anilines is 2. The molecule has 0 unspecified atom stereocenters. The van der Waals surface area contributed by atoms with Crippen LogP contribution in [0.15, 0.2) is 18.2 Å². The highest BCUT2D eigenvalue weighted by atomic mass is 16.2. The van der Waals surface area contributed by atoms with Crippen LogP contribution >= 0.6 is 0 Å². The SMILES string of the molecule is Cc1ccc(N)cc1N1CCCCC1=O. The van der Waals surface area contributed by atoms with Crippen molar-refractivity contribution >= 4 is 17.3 Å². The average molecular weight is 204 g/mol. The molecule has 1 aliphatic rings. The van der Waals surface area contributed by atoms with Crippen molar-refractivity contribution in [2.75, 3.05) is 17.2 Å². The molecule has 1 saturated heterocycles. The number of nitrogens with zero attached hydrogens (tertiary/aromatic N) is 1. The van der Waals surface area contributed by atoms with Crippen LogP contribution in [0.4, 0.5) is 11.4 Å². The predicted octanol–water partition coefficient (Wildman–Crippen LogP) is 2.09. The molecule has 0 aliphatic carbocycles. The van der Waals surface area contributed by atoms with Gasteiger partial charge in [0.15, 0.2) is 0 Å². The fraction of sp³-hybridized carbons (Fsp3) is 0.417. The molecule has 0 radical (unpaired) electrons. The van der Waals surface area contributed by atoms with Crippen LogP contribution in [0.25, 0.3) is 0 Å². The van der Waals surface area contributed by atoms with Gasteiger partial charge in [0.25, 0.3) is 0 Å². The Hall–Kier alpha value is -1.51. The molecule has 1 fully saturated rings. The fourth-order valence-electron chi connectivity index (χ4n) is 1.98. The molecule has 1 aliphatic heterocycles. The van der Waals surface area contributed by atoms with Crippen LogP contribution < -0.4 is 10.6 Å². The number of carbonyl (C=O) groups excluding carboxylic acids is 1. The topological polar surface area (TPSA) is 46.3 Å². The largest absolute Gasteiger partial charge is 0.399 e. The standard InChI is InChI=1S/C12H16N2O/c1-9-5-6-10(13)8-11(9)14-7-3-2-4-12(14)15/h5-6,8H,2-4,7,13H2,1H3. The van der Waals surface area contributed by atoms with Crippen LogP contribution in [-0.4, -0.2) is 12.5 Å². The van der Waals surface area contributed by atoms with E-state index in [4.69, 9.17) is 5.73 Å². The van der Waals surface area contributed by atoms with Crippen LogP contribution in [0.1, 0.15) is 24.8 Å². The number of rotatable bonds is 1. The van der Waals surface area contributed by atoms with E-state index in [9.17, 15) is 4.79 Å². The molecule has 1 heterocycles. The van der Waals surface area contributed by atoms with Crippen LogP contribution in [0.3, 0.4) is 0 Å². The summed E-state index contributed by atoms with van der Waals surface area (Å²) in [5.74, 6) is 0.218. The normalized spacial score (nSPS) is 16.9. The van der Waals surface area contributed by atoms with Gasteiger partial charge in [-0.05, 0) is 37.5 Å². The van der Waals surface area contributed by atoms with Crippen molar-refractivity contribution in [2.45, 2.75) is 26.2 Å². The highest BCUT2D eigenvalue weighted by Gasteiger charge is 2.20. The van der Waals surface area contributed by atoms with E-state index in [2.05, 4.69) is 0 Å². The molecule has 80 valence electrons. The quantitative estimate of drug-likeness (QED) is 0.712. The van der Waals surface area contributed by atoms with Gasteiger partial charge >= 0.3 is 0 Å². The van der Waals surface area contributed by atoms with Crippen molar-refractivity contribution in [3.8, 4) is 0 Å². The predicted molar refractivity (Wildman–Crippen MR) is 61.8 cm³/mol. The highest BCUT2D eigenvalue weighted by molar-refractivity contribution is 5.95. The number of nitrogen functional groups attached to an aromatic ring is 1. The van der Waals surface area contributed by atoms with E-state index in [1.165, 1.54) is 0 Å². The highest BCUT2D eigenvalue weighted by Crippen LogP contribution is 2.26. The van der Waals surface area contributed by atoms with Gasteiger partial charge in [-0.15, -0.1) is 0 Å². The third-order valence-electron chi connectivity index (χ3n) is 2.85. The van der Waals surface area contributed by atoms with E-state index in [0.717, 1.165) is 30.6 Å². The summed E-state index contributed by atoms with van der Waals surface area (Å²) in [6, 6.07) is 5.72. The third kappa shape index (κ3) is 1.96. The molecule has 3 heteroatoms. The van der Waals surface area contributed by atoms with Crippen molar-refractivity contribution in [3.63, 3.8) is 0 Å². The van der Waals surface area contributed by atoms with Crippen molar-refractivity contribution < 1.29 is 4.79 Å². The molecule has 2 rings (SSSR count). The van der Waals surface area contributed by atoms with Crippen molar-refractivity contribution in [1.29, 1.82) is 0 Å². The van der Waals surface area contributed by atoms with Crippen LogP contribution in [0.2, 0.25) is 0 Å². The van der Waals surface area contributed by atoms with E-state index >= 15 is 0 Å². The monoisotopic (exact) mass is 204 g/mol. The van der Waals surface area contributed by atoms with Gasteiger partial charge in [-0.3, -0.25) is 4.79 Å². The Kier molecular flexibility index (Phi) is 2.62. The van der Waals surface area contributed by atoms with Crippen LogP contribution in [-0.2, 0) is 4.79 Å². The molecule has 0 aromatic heterocycles. The van der Waals surface area contributed by atoms with E-state index in [-0.39, 0.29) is 5.91 Å². The van der Waals surface area contributed by atoms with E-state index in [1.54, 1.807) is 0 Å². The van der Waals surface area contributed by atoms with Gasteiger partial charge in [0.05, 0.1) is 0 Å². The summed E-state index contributed by atoms with van der Waals surface area (Å²) >= 11 is 0. The Morgan fingerprint density at radius 3 is 2.87 bits per heavy atom. The molecule has 1 aromatic carbocycles. The summed E-state index contributed by atoms with van der Waals surface area (Å²) in [6.45, 7) is 2.83. The Bertz CT molecular complexity index is 387. The maximum Gasteiger partial charge on any atom is 0.226 e. The smallest absolute Gasteiger partial charge is 0.226 e. The molecular weight excluding hydrogens is 188 g/mol. The number of benzene rings is 1. The molecular formula is C12H16N2O. The molecule has 1 amide bonds. The first-order valence-corrected chi connectivity index (χ1v) is 5.35. The third-order valence-corrected chi connectivity index (χ3v) is 2.85. The lowest BCUT2D eigenvalue weighted by Crippen LogP contribution is -2.35. The summed E-state index contributed by atoms with van der Waals surface area (Å²) in [5, 5.41) is 0. The summed E-state index contributed by atoms with van der Waals surface area (Å²) < 4.78 is 0. The Balaban J connectivity index is 2.34. The molecule has 0 saturated carbocycles. The molecule has 0 atom stereocenters. The molecule has 0 bridgehead atoms. The van der Waals surface area contributed by atoms with Gasteiger partial charge in [0.1, 0.15) is 0 Å². The second kappa shape index (κ2) is 3.93. The van der Waals surface area contributed by atoms with Gasteiger partial charge in [-0.2, -0.15) is 0 Å². The van der Waals surface area contributed by atoms with E-state index in [1.807, 2.05) is 30.0 Å². The summed E-state index contributed by atoms with van der Waals surface area (Å²) in [6.07, 6.45) is 2.75. The van der Waals surface area contributed by atoms with E-state index < -0.39 is 0 Å². The number of hydrogen-bond acceptors (Lipinski definition) is 2. The number of aryl methyl sites for hydroxylation is 1. The zero-order chi connectivity index (χ0) is 10.8. The summed E-state index contributed by atoms with van der Waals surface area (Å²) in [4.78, 5) is 13.6. The maximum absolute atomic E-state index is 11.7. The molecule has 1 aromatic rings. The summed E-state index contributed by atoms with van der Waals surface area (Å²) in [5.41, 5.74) is 8.54. The minimum Gasteiger partial charge on any atom is -0.399 e. The lowest BCUT2D eigenvalue weighted by molar-refractivity contribution is -0.119. The van der Waals surface area contributed by atoms with Gasteiger partial charge in [0.2, 0.25) is 5.91 Å². The number of piperidine rings is 1. The number of amides is 1. The van der Waals surface area contributed by atoms with E-state index in [0.29, 0.717) is 12.1 Å². The average Bonchev–Trinajstić information content (AvgIpc) is 2.23. The Morgan fingerprint density at radius 1 is 1.33 bits per heavy atom. The second-order valence-corrected chi connectivity index (χ2v) is 4.05. The molecule has 2 N–H and O–H groups in total. The molecule has 3 nitrogen and oxygen atoms in total. The van der Waals surface area contributed by atoms with Crippen molar-refractivity contribution in [3.05, 3.63) is 23.8 Å². The van der Waals surface area contributed by atoms with Crippen LogP contribution in [0, 0.1) is 6.92 Å². The Morgan fingerprint density at radius 2 is 2.13 bits per heavy atom. The number of nitrogens with two attached hydrogens (primary N) is 1. The zero-order valence-corrected chi connectivity index (χ0v) is 8.99.